The van der Waals surface area contributed by atoms with Crippen LogP contribution < -0.4 is 0 Å². The molecule has 0 radical (unpaired) electrons. The highest BCUT2D eigenvalue weighted by molar-refractivity contribution is 8.03. The van der Waals surface area contributed by atoms with Crippen molar-refractivity contribution in [1.29, 1.82) is 0 Å². The van der Waals surface area contributed by atoms with E-state index in [1.807, 2.05) is 4.90 Å². The first-order valence-corrected chi connectivity index (χ1v) is 10.1. The number of carbonyl (C=O) groups is 1. The van der Waals surface area contributed by atoms with E-state index in [-0.39, 0.29) is 5.91 Å². The molecule has 2 aliphatic rings. The van der Waals surface area contributed by atoms with E-state index in [4.69, 9.17) is 0 Å². The van der Waals surface area contributed by atoms with E-state index in [1.54, 1.807) is 18.6 Å². The molecule has 0 saturated carbocycles. The molecule has 0 atom stereocenters. The molecule has 2 aliphatic heterocycles. The maximum Gasteiger partial charge on any atom is 0.274 e. The Morgan fingerprint density at radius 2 is 1.91 bits per heavy atom. The van der Waals surface area contributed by atoms with E-state index in [0.717, 1.165) is 32.6 Å². The smallest absolute Gasteiger partial charge is 0.274 e. The molecular weight excluding hydrogens is 316 g/mol. The molecule has 22 heavy (non-hydrogen) atoms. The lowest BCUT2D eigenvalue weighted by atomic mass is 10.3. The highest BCUT2D eigenvalue weighted by Gasteiger charge is 2.26. The molecular formula is C15H22N4OS2. The standard InChI is InChI=1S/C15H22N4OS2/c20-15(14-10-16-2-3-17-14)19-5-1-4-18(6-7-19)13-11-21-8-9-22-12-13/h2-3,10,13H,1,4-9,11-12H2. The zero-order valence-corrected chi connectivity index (χ0v) is 14.3. The van der Waals surface area contributed by atoms with Crippen molar-refractivity contribution in [3.05, 3.63) is 24.3 Å². The molecule has 0 N–H and O–H groups in total. The van der Waals surface area contributed by atoms with Gasteiger partial charge in [-0.1, -0.05) is 0 Å². The first-order chi connectivity index (χ1) is 10.8. The molecule has 0 spiro atoms. The van der Waals surface area contributed by atoms with E-state index in [9.17, 15) is 4.79 Å². The topological polar surface area (TPSA) is 49.3 Å². The molecule has 5 nitrogen and oxygen atoms in total. The highest BCUT2D eigenvalue weighted by atomic mass is 32.2. The average molecular weight is 339 g/mol. The van der Waals surface area contributed by atoms with Gasteiger partial charge in [-0.15, -0.1) is 0 Å². The third-order valence-corrected chi connectivity index (χ3v) is 6.59. The Kier molecular flexibility index (Phi) is 5.97. The Balaban J connectivity index is 1.58. The lowest BCUT2D eigenvalue weighted by Crippen LogP contribution is -2.42. The Labute approximate surface area is 140 Å². The van der Waals surface area contributed by atoms with Crippen LogP contribution in [-0.2, 0) is 0 Å². The van der Waals surface area contributed by atoms with Gasteiger partial charge in [-0.25, -0.2) is 4.98 Å². The van der Waals surface area contributed by atoms with Crippen molar-refractivity contribution in [1.82, 2.24) is 19.8 Å². The molecule has 1 aromatic rings. The van der Waals surface area contributed by atoms with Crippen LogP contribution in [0.3, 0.4) is 0 Å². The molecule has 0 unspecified atom stereocenters. The molecule has 7 heteroatoms. The fraction of sp³-hybridized carbons (Fsp3) is 0.667. The molecule has 0 aliphatic carbocycles. The number of rotatable bonds is 2. The first-order valence-electron chi connectivity index (χ1n) is 7.79. The molecule has 0 aromatic carbocycles. The molecule has 1 aromatic heterocycles. The minimum absolute atomic E-state index is 0.0135. The predicted molar refractivity (Wildman–Crippen MR) is 92.6 cm³/mol. The summed E-state index contributed by atoms with van der Waals surface area (Å²) in [5.74, 6) is 5.01. The maximum atomic E-state index is 12.5. The van der Waals surface area contributed by atoms with Gasteiger partial charge in [0.05, 0.1) is 6.20 Å². The zero-order chi connectivity index (χ0) is 15.2. The number of carbonyl (C=O) groups excluding carboxylic acids is 1. The molecule has 1 amide bonds. The van der Waals surface area contributed by atoms with E-state index in [2.05, 4.69) is 38.4 Å². The van der Waals surface area contributed by atoms with Crippen molar-refractivity contribution in [2.45, 2.75) is 12.5 Å². The predicted octanol–water partition coefficient (Wildman–Crippen LogP) is 1.47. The second kappa shape index (κ2) is 8.17. The minimum atomic E-state index is 0.0135. The van der Waals surface area contributed by atoms with Crippen molar-refractivity contribution < 1.29 is 4.79 Å². The van der Waals surface area contributed by atoms with Crippen LogP contribution in [-0.4, -0.2) is 80.9 Å². The van der Waals surface area contributed by atoms with Crippen molar-refractivity contribution in [2.75, 3.05) is 49.2 Å². The molecule has 2 saturated heterocycles. The van der Waals surface area contributed by atoms with Gasteiger partial charge >= 0.3 is 0 Å². The van der Waals surface area contributed by atoms with Gasteiger partial charge in [0.2, 0.25) is 0 Å². The summed E-state index contributed by atoms with van der Waals surface area (Å²) < 4.78 is 0. The van der Waals surface area contributed by atoms with Gasteiger partial charge in [0.25, 0.3) is 5.91 Å². The number of aromatic nitrogens is 2. The van der Waals surface area contributed by atoms with Gasteiger partial charge in [-0.3, -0.25) is 14.7 Å². The van der Waals surface area contributed by atoms with E-state index in [1.165, 1.54) is 23.0 Å². The summed E-state index contributed by atoms with van der Waals surface area (Å²) in [5.41, 5.74) is 0.455. The Morgan fingerprint density at radius 1 is 1.09 bits per heavy atom. The SMILES string of the molecule is O=C(c1cnccn1)N1CCCN(C2CSCCSC2)CC1. The number of amides is 1. The summed E-state index contributed by atoms with van der Waals surface area (Å²) >= 11 is 4.13. The summed E-state index contributed by atoms with van der Waals surface area (Å²) in [4.78, 5) is 25.1. The van der Waals surface area contributed by atoms with E-state index < -0.39 is 0 Å². The molecule has 2 fully saturated rings. The molecule has 120 valence electrons. The number of thioether (sulfide) groups is 2. The number of hydrogen-bond donors (Lipinski definition) is 0. The summed E-state index contributed by atoms with van der Waals surface area (Å²) in [6, 6.07) is 0.657. The van der Waals surface area contributed by atoms with Crippen LogP contribution in [0.2, 0.25) is 0 Å². The quantitative estimate of drug-likeness (QED) is 0.814. The second-order valence-corrected chi connectivity index (χ2v) is 7.88. The first kappa shape index (κ1) is 16.1. The van der Waals surface area contributed by atoms with Crippen LogP contribution in [0.1, 0.15) is 16.9 Å². The van der Waals surface area contributed by atoms with Crippen LogP contribution in [0, 0.1) is 0 Å². The summed E-state index contributed by atoms with van der Waals surface area (Å²) in [7, 11) is 0. The fourth-order valence-electron chi connectivity index (χ4n) is 2.89. The maximum absolute atomic E-state index is 12.5. The normalized spacial score (nSPS) is 22.1. The van der Waals surface area contributed by atoms with E-state index >= 15 is 0 Å². The van der Waals surface area contributed by atoms with E-state index in [0.29, 0.717) is 11.7 Å². The average Bonchev–Trinajstić information content (AvgIpc) is 2.97. The lowest BCUT2D eigenvalue weighted by Gasteiger charge is -2.29. The molecule has 3 heterocycles. The van der Waals surface area contributed by atoms with Crippen LogP contribution in [0.5, 0.6) is 0 Å². The summed E-state index contributed by atoms with van der Waals surface area (Å²) in [6.45, 7) is 3.67. The third-order valence-electron chi connectivity index (χ3n) is 4.11. The van der Waals surface area contributed by atoms with Gasteiger partial charge in [0.15, 0.2) is 0 Å². The van der Waals surface area contributed by atoms with Crippen LogP contribution in [0.15, 0.2) is 18.6 Å². The third kappa shape index (κ3) is 4.14. The van der Waals surface area contributed by atoms with Crippen molar-refractivity contribution in [2.24, 2.45) is 0 Å². The zero-order valence-electron chi connectivity index (χ0n) is 12.7. The Morgan fingerprint density at radius 3 is 2.64 bits per heavy atom. The van der Waals surface area contributed by atoms with Crippen molar-refractivity contribution in [3.8, 4) is 0 Å². The van der Waals surface area contributed by atoms with Gasteiger partial charge in [0, 0.05) is 67.6 Å². The highest BCUT2D eigenvalue weighted by Crippen LogP contribution is 2.21. The Hall–Kier alpha value is -0.790. The minimum Gasteiger partial charge on any atom is -0.336 e. The molecule has 3 rings (SSSR count). The summed E-state index contributed by atoms with van der Waals surface area (Å²) in [5, 5.41) is 0. The van der Waals surface area contributed by atoms with Gasteiger partial charge in [-0.05, 0) is 6.42 Å². The second-order valence-electron chi connectivity index (χ2n) is 5.58. The summed E-state index contributed by atoms with van der Waals surface area (Å²) in [6.07, 6.45) is 5.78. The van der Waals surface area contributed by atoms with Crippen LogP contribution >= 0.6 is 23.5 Å². The number of nitrogens with zero attached hydrogens (tertiary/aromatic N) is 4. The van der Waals surface area contributed by atoms with Crippen molar-refractivity contribution >= 4 is 29.4 Å². The van der Waals surface area contributed by atoms with Crippen molar-refractivity contribution in [3.63, 3.8) is 0 Å². The molecule has 0 bridgehead atoms. The largest absolute Gasteiger partial charge is 0.336 e. The van der Waals surface area contributed by atoms with Gasteiger partial charge in [-0.2, -0.15) is 23.5 Å². The van der Waals surface area contributed by atoms with Crippen LogP contribution in [0.25, 0.3) is 0 Å². The monoisotopic (exact) mass is 338 g/mol. The Bertz CT molecular complexity index is 480. The number of hydrogen-bond acceptors (Lipinski definition) is 6. The lowest BCUT2D eigenvalue weighted by molar-refractivity contribution is 0.0753. The van der Waals surface area contributed by atoms with Gasteiger partial charge < -0.3 is 4.90 Å². The fourth-order valence-corrected chi connectivity index (χ4v) is 5.52. The van der Waals surface area contributed by atoms with Gasteiger partial charge in [0.1, 0.15) is 5.69 Å². The van der Waals surface area contributed by atoms with Crippen LogP contribution in [0.4, 0.5) is 0 Å².